The summed E-state index contributed by atoms with van der Waals surface area (Å²) in [5, 5.41) is 11.4. The van der Waals surface area contributed by atoms with E-state index in [-0.39, 0.29) is 10.9 Å². The van der Waals surface area contributed by atoms with Gasteiger partial charge in [-0.1, -0.05) is 28.7 Å². The largest absolute Gasteiger partial charge is 0.494 e. The highest BCUT2D eigenvalue weighted by Gasteiger charge is 2.25. The number of para-hydroxylation sites is 1. The van der Waals surface area contributed by atoms with Crippen molar-refractivity contribution in [1.82, 2.24) is 4.98 Å². The summed E-state index contributed by atoms with van der Waals surface area (Å²) in [5.41, 5.74) is 0.701. The van der Waals surface area contributed by atoms with Crippen molar-refractivity contribution in [3.05, 3.63) is 45.3 Å². The Kier molecular flexibility index (Phi) is 5.68. The molecule has 1 aromatic carbocycles. The van der Waals surface area contributed by atoms with Crippen molar-refractivity contribution in [2.24, 2.45) is 0 Å². The zero-order valence-corrected chi connectivity index (χ0v) is 16.7. The summed E-state index contributed by atoms with van der Waals surface area (Å²) in [7, 11) is 5.58. The molecule has 0 aliphatic heterocycles. The second-order valence-electron chi connectivity index (χ2n) is 6.11. The summed E-state index contributed by atoms with van der Waals surface area (Å²) in [6.07, 6.45) is 0. The van der Waals surface area contributed by atoms with Gasteiger partial charge < -0.3 is 9.64 Å². The summed E-state index contributed by atoms with van der Waals surface area (Å²) in [4.78, 5) is 31.2. The number of fused-ring (bicyclic) bond motifs is 1. The molecule has 1 N–H and O–H groups in total. The lowest BCUT2D eigenvalue weighted by molar-refractivity contribution is -0.856. The minimum Gasteiger partial charge on any atom is -0.494 e. The van der Waals surface area contributed by atoms with E-state index in [1.807, 2.05) is 32.3 Å². The molecule has 0 radical (unpaired) electrons. The van der Waals surface area contributed by atoms with Crippen molar-refractivity contribution in [1.29, 1.82) is 0 Å². The average Bonchev–Trinajstić information content (AvgIpc) is 3.28. The number of methoxy groups -OCH3 is 1. The molecule has 27 heavy (non-hydrogen) atoms. The van der Waals surface area contributed by atoms with E-state index in [1.54, 1.807) is 12.0 Å². The Labute approximate surface area is 163 Å². The van der Waals surface area contributed by atoms with Crippen LogP contribution in [0.15, 0.2) is 30.3 Å². The highest BCUT2D eigenvalue weighted by atomic mass is 32.1. The molecule has 2 heterocycles. The molecule has 142 valence electrons. The van der Waals surface area contributed by atoms with Crippen molar-refractivity contribution >= 4 is 48.9 Å². The first kappa shape index (κ1) is 19.2. The van der Waals surface area contributed by atoms with E-state index in [1.165, 1.54) is 28.4 Å². The third kappa shape index (κ3) is 4.07. The lowest BCUT2D eigenvalue weighted by atomic mass is 10.3. The summed E-state index contributed by atoms with van der Waals surface area (Å²) in [5.74, 6) is 0.361. The second kappa shape index (κ2) is 7.99. The number of nitro groups is 1. The Bertz CT molecular complexity index is 982. The Morgan fingerprint density at radius 1 is 1.30 bits per heavy atom. The number of nitrogens with zero attached hydrogens (tertiary/aromatic N) is 3. The predicted molar refractivity (Wildman–Crippen MR) is 106 cm³/mol. The van der Waals surface area contributed by atoms with Gasteiger partial charge in [0, 0.05) is 6.07 Å². The van der Waals surface area contributed by atoms with Crippen LogP contribution in [0, 0.1) is 10.1 Å². The van der Waals surface area contributed by atoms with Crippen LogP contribution in [0.2, 0.25) is 0 Å². The topological polar surface area (TPSA) is 90.0 Å². The molecule has 0 saturated heterocycles. The van der Waals surface area contributed by atoms with E-state index in [9.17, 15) is 14.9 Å². The number of benzene rings is 1. The van der Waals surface area contributed by atoms with Crippen LogP contribution < -0.4 is 14.5 Å². The third-order valence-corrected chi connectivity index (χ3v) is 5.95. The van der Waals surface area contributed by atoms with Gasteiger partial charge in [-0.2, -0.15) is 0 Å². The van der Waals surface area contributed by atoms with Gasteiger partial charge in [0.05, 0.1) is 48.8 Å². The van der Waals surface area contributed by atoms with Crippen molar-refractivity contribution in [3.63, 3.8) is 0 Å². The minimum absolute atomic E-state index is 0.0532. The number of hydrogen-bond donors (Lipinski definition) is 1. The number of carbonyl (C=O) groups excluding carboxylic acids is 1. The maximum atomic E-state index is 13.1. The van der Waals surface area contributed by atoms with Gasteiger partial charge in [-0.15, -0.1) is 0 Å². The zero-order valence-electron chi connectivity index (χ0n) is 15.1. The Hall–Kier alpha value is -2.56. The lowest BCUT2D eigenvalue weighted by Crippen LogP contribution is -3.06. The molecule has 0 saturated carbocycles. The monoisotopic (exact) mass is 407 g/mol. The van der Waals surface area contributed by atoms with Gasteiger partial charge in [0.15, 0.2) is 5.13 Å². The normalized spacial score (nSPS) is 11.1. The molecule has 2 aromatic heterocycles. The van der Waals surface area contributed by atoms with Crippen LogP contribution in [0.25, 0.3) is 10.2 Å². The number of anilines is 1. The average molecular weight is 407 g/mol. The van der Waals surface area contributed by atoms with Gasteiger partial charge in [-0.05, 0) is 18.2 Å². The number of likely N-dealkylation sites (N-methyl/N-ethyl adjacent to an activating group) is 1. The molecule has 0 bridgehead atoms. The fourth-order valence-corrected chi connectivity index (χ4v) is 4.26. The summed E-state index contributed by atoms with van der Waals surface area (Å²) < 4.78 is 6.27. The Balaban J connectivity index is 1.99. The number of thiophene rings is 1. The standard InChI is InChI=1S/C17H18N4O4S2/c1-19(2)9-10-20(16(22)13-7-8-14(26-13)21(23)24)17-18-15-11(25-3)5-4-6-12(15)27-17/h4-8H,9-10H2,1-3H3/p+1. The molecule has 1 amide bonds. The smallest absolute Gasteiger partial charge is 0.324 e. The summed E-state index contributed by atoms with van der Waals surface area (Å²) >= 11 is 2.27. The molecule has 0 aliphatic carbocycles. The van der Waals surface area contributed by atoms with Gasteiger partial charge in [-0.3, -0.25) is 19.8 Å². The minimum atomic E-state index is -0.488. The predicted octanol–water partition coefficient (Wildman–Crippen LogP) is 2.07. The molecular formula is C17H19N4O4S2+. The number of carbonyl (C=O) groups is 1. The number of aromatic nitrogens is 1. The number of quaternary nitrogens is 1. The highest BCUT2D eigenvalue weighted by molar-refractivity contribution is 7.22. The third-order valence-electron chi connectivity index (χ3n) is 3.88. The van der Waals surface area contributed by atoms with E-state index in [0.29, 0.717) is 34.4 Å². The molecule has 8 nitrogen and oxygen atoms in total. The molecule has 0 aliphatic rings. The van der Waals surface area contributed by atoms with Crippen LogP contribution in [-0.2, 0) is 0 Å². The van der Waals surface area contributed by atoms with Gasteiger partial charge >= 0.3 is 5.00 Å². The highest BCUT2D eigenvalue weighted by Crippen LogP contribution is 2.35. The van der Waals surface area contributed by atoms with Gasteiger partial charge in [0.25, 0.3) is 5.91 Å². The number of rotatable bonds is 7. The fraction of sp³-hybridized carbons (Fsp3) is 0.294. The number of hydrogen-bond acceptors (Lipinski definition) is 7. The quantitative estimate of drug-likeness (QED) is 0.478. The molecule has 3 rings (SSSR count). The van der Waals surface area contributed by atoms with Gasteiger partial charge in [-0.25, -0.2) is 4.98 Å². The van der Waals surface area contributed by atoms with Crippen LogP contribution in [0.4, 0.5) is 10.1 Å². The van der Waals surface area contributed by atoms with Gasteiger partial charge in [0.2, 0.25) is 0 Å². The van der Waals surface area contributed by atoms with E-state index in [2.05, 4.69) is 4.98 Å². The number of ether oxygens (including phenoxy) is 1. The Morgan fingerprint density at radius 3 is 2.70 bits per heavy atom. The molecule has 10 heteroatoms. The van der Waals surface area contributed by atoms with Crippen molar-refractivity contribution < 1.29 is 19.4 Å². The first-order chi connectivity index (χ1) is 12.9. The maximum Gasteiger partial charge on any atom is 0.324 e. The number of nitrogens with one attached hydrogen (secondary N) is 1. The SMILES string of the molecule is COc1cccc2sc(N(CC[NH+](C)C)C(=O)c3ccc([N+](=O)[O-])s3)nc12. The van der Waals surface area contributed by atoms with E-state index in [4.69, 9.17) is 4.74 Å². The van der Waals surface area contributed by atoms with Gasteiger partial charge in [0.1, 0.15) is 11.3 Å². The number of thiazole rings is 1. The van der Waals surface area contributed by atoms with Crippen molar-refractivity contribution in [2.75, 3.05) is 39.2 Å². The second-order valence-corrected chi connectivity index (χ2v) is 8.18. The lowest BCUT2D eigenvalue weighted by Gasteiger charge is -2.19. The maximum absolute atomic E-state index is 13.1. The van der Waals surface area contributed by atoms with E-state index < -0.39 is 4.92 Å². The molecule has 3 aromatic rings. The van der Waals surface area contributed by atoms with Crippen LogP contribution in [0.1, 0.15) is 9.67 Å². The molecular weight excluding hydrogens is 388 g/mol. The van der Waals surface area contributed by atoms with Crippen LogP contribution in [0.3, 0.4) is 0 Å². The summed E-state index contributed by atoms with van der Waals surface area (Å²) in [6, 6.07) is 8.48. The van der Waals surface area contributed by atoms with Crippen LogP contribution in [0.5, 0.6) is 5.75 Å². The first-order valence-corrected chi connectivity index (χ1v) is 9.82. The molecule has 0 unspecified atom stereocenters. The van der Waals surface area contributed by atoms with Crippen molar-refractivity contribution in [3.8, 4) is 5.75 Å². The molecule has 0 atom stereocenters. The molecule has 0 spiro atoms. The van der Waals surface area contributed by atoms with Crippen LogP contribution in [-0.4, -0.2) is 50.1 Å². The molecule has 0 fully saturated rings. The number of amides is 1. The first-order valence-electron chi connectivity index (χ1n) is 8.19. The summed E-state index contributed by atoms with van der Waals surface area (Å²) in [6.45, 7) is 1.17. The van der Waals surface area contributed by atoms with Crippen LogP contribution >= 0.6 is 22.7 Å². The van der Waals surface area contributed by atoms with E-state index in [0.717, 1.165) is 16.0 Å². The van der Waals surface area contributed by atoms with Crippen molar-refractivity contribution in [2.45, 2.75) is 0 Å². The zero-order chi connectivity index (χ0) is 19.6. The fourth-order valence-electron chi connectivity index (χ4n) is 2.48. The Morgan fingerprint density at radius 2 is 2.07 bits per heavy atom. The van der Waals surface area contributed by atoms with E-state index >= 15 is 0 Å².